The molecule has 0 aliphatic heterocycles. The fourth-order valence-electron chi connectivity index (χ4n) is 4.12. The monoisotopic (exact) mass is 407 g/mol. The van der Waals surface area contributed by atoms with Crippen LogP contribution >= 0.6 is 0 Å². The Morgan fingerprint density at radius 2 is 1.43 bits per heavy atom. The number of phenols is 1. The number of hydrogen-bond acceptors (Lipinski definition) is 2. The second-order valence-corrected chi connectivity index (χ2v) is 8.35. The summed E-state index contributed by atoms with van der Waals surface area (Å²) in [7, 11) is 2.03. The Bertz CT molecular complexity index is 895. The van der Waals surface area contributed by atoms with Crippen LogP contribution in [0.1, 0.15) is 71.1 Å². The highest BCUT2D eigenvalue weighted by atomic mass is 16.5. The van der Waals surface area contributed by atoms with E-state index in [1.165, 1.54) is 57.8 Å². The van der Waals surface area contributed by atoms with Gasteiger partial charge in [-0.2, -0.15) is 0 Å². The van der Waals surface area contributed by atoms with E-state index in [1.54, 1.807) is 6.07 Å². The minimum Gasteiger partial charge on any atom is -0.507 e. The van der Waals surface area contributed by atoms with Gasteiger partial charge in [0, 0.05) is 18.1 Å². The highest BCUT2D eigenvalue weighted by Gasteiger charge is 2.10. The highest BCUT2D eigenvalue weighted by Crippen LogP contribution is 2.32. The Hall–Kier alpha value is -2.42. The number of phenolic OH excluding ortho intramolecular Hbond substituents is 1. The van der Waals surface area contributed by atoms with Crippen molar-refractivity contribution in [3.05, 3.63) is 48.5 Å². The van der Waals surface area contributed by atoms with Gasteiger partial charge in [-0.25, -0.2) is 0 Å². The van der Waals surface area contributed by atoms with Crippen LogP contribution in [0.3, 0.4) is 0 Å². The molecular weight excluding hydrogens is 370 g/mol. The molecule has 0 fully saturated rings. The van der Waals surface area contributed by atoms with Gasteiger partial charge in [-0.3, -0.25) is 0 Å². The average molecular weight is 408 g/mol. The molecule has 1 heterocycles. The molecule has 0 amide bonds. The van der Waals surface area contributed by atoms with Crippen molar-refractivity contribution in [3.63, 3.8) is 0 Å². The van der Waals surface area contributed by atoms with E-state index in [1.807, 2.05) is 37.4 Å². The summed E-state index contributed by atoms with van der Waals surface area (Å²) in [5.41, 5.74) is 3.25. The second-order valence-electron chi connectivity index (χ2n) is 8.35. The van der Waals surface area contributed by atoms with Gasteiger partial charge in [0.05, 0.1) is 12.1 Å². The lowest BCUT2D eigenvalue weighted by Crippen LogP contribution is -1.97. The molecule has 3 heteroatoms. The van der Waals surface area contributed by atoms with Crippen molar-refractivity contribution in [3.8, 4) is 22.8 Å². The molecule has 0 atom stereocenters. The molecular formula is C27H37NO2. The van der Waals surface area contributed by atoms with Crippen molar-refractivity contribution in [1.82, 2.24) is 4.57 Å². The first-order valence-corrected chi connectivity index (χ1v) is 11.7. The molecule has 1 N–H and O–H groups in total. The normalized spacial score (nSPS) is 11.3. The van der Waals surface area contributed by atoms with E-state index in [4.69, 9.17) is 4.74 Å². The Morgan fingerprint density at radius 3 is 2.07 bits per heavy atom. The molecule has 0 saturated carbocycles. The highest BCUT2D eigenvalue weighted by molar-refractivity contribution is 5.91. The summed E-state index contributed by atoms with van der Waals surface area (Å²) >= 11 is 0. The van der Waals surface area contributed by atoms with E-state index in [2.05, 4.69) is 23.6 Å². The van der Waals surface area contributed by atoms with Gasteiger partial charge in [-0.05, 0) is 54.4 Å². The topological polar surface area (TPSA) is 34.4 Å². The quantitative estimate of drug-likeness (QED) is 0.293. The SMILES string of the molecule is CCCCCCCCCCCCOc1ccc(-c2cc3c(O)cccc3n2C)cc1. The Labute approximate surface area is 181 Å². The first-order chi connectivity index (χ1) is 14.7. The van der Waals surface area contributed by atoms with Gasteiger partial charge in [-0.1, -0.05) is 70.8 Å². The molecule has 0 aliphatic rings. The Balaban J connectivity index is 1.39. The number of rotatable bonds is 13. The number of nitrogens with zero attached hydrogens (tertiary/aromatic N) is 1. The largest absolute Gasteiger partial charge is 0.507 e. The Kier molecular flexibility index (Phi) is 8.67. The van der Waals surface area contributed by atoms with Gasteiger partial charge >= 0.3 is 0 Å². The van der Waals surface area contributed by atoms with Gasteiger partial charge in [0.25, 0.3) is 0 Å². The van der Waals surface area contributed by atoms with Gasteiger partial charge < -0.3 is 14.4 Å². The second kappa shape index (κ2) is 11.7. The average Bonchev–Trinajstić information content (AvgIpc) is 3.10. The molecule has 1 aromatic heterocycles. The lowest BCUT2D eigenvalue weighted by atomic mass is 10.1. The summed E-state index contributed by atoms with van der Waals surface area (Å²) in [6.07, 6.45) is 13.4. The lowest BCUT2D eigenvalue weighted by Gasteiger charge is -2.08. The first-order valence-electron chi connectivity index (χ1n) is 11.7. The number of fused-ring (bicyclic) bond motifs is 1. The fourth-order valence-corrected chi connectivity index (χ4v) is 4.12. The minimum absolute atomic E-state index is 0.325. The molecule has 0 unspecified atom stereocenters. The van der Waals surface area contributed by atoms with Crippen molar-refractivity contribution in [2.24, 2.45) is 7.05 Å². The predicted octanol–water partition coefficient (Wildman–Crippen LogP) is 7.85. The van der Waals surface area contributed by atoms with Gasteiger partial charge in [0.2, 0.25) is 0 Å². The van der Waals surface area contributed by atoms with E-state index >= 15 is 0 Å². The van der Waals surface area contributed by atoms with Crippen molar-refractivity contribution >= 4 is 10.9 Å². The summed E-state index contributed by atoms with van der Waals surface area (Å²) in [5.74, 6) is 1.25. The van der Waals surface area contributed by atoms with Crippen LogP contribution in [-0.2, 0) is 7.05 Å². The molecule has 30 heavy (non-hydrogen) atoms. The molecule has 0 radical (unpaired) electrons. The smallest absolute Gasteiger partial charge is 0.124 e. The molecule has 0 saturated heterocycles. The molecule has 3 aromatic rings. The summed E-state index contributed by atoms with van der Waals surface area (Å²) in [4.78, 5) is 0. The summed E-state index contributed by atoms with van der Waals surface area (Å²) in [6, 6.07) is 16.0. The van der Waals surface area contributed by atoms with Crippen LogP contribution in [0.5, 0.6) is 11.5 Å². The molecule has 0 spiro atoms. The van der Waals surface area contributed by atoms with Gasteiger partial charge in [-0.15, -0.1) is 0 Å². The zero-order chi connectivity index (χ0) is 21.2. The van der Waals surface area contributed by atoms with Crippen LogP contribution in [0.4, 0.5) is 0 Å². The number of benzene rings is 2. The Morgan fingerprint density at radius 1 is 0.800 bits per heavy atom. The van der Waals surface area contributed by atoms with Crippen LogP contribution in [0, 0.1) is 0 Å². The number of ether oxygens (including phenoxy) is 1. The zero-order valence-electron chi connectivity index (χ0n) is 18.7. The molecule has 0 bridgehead atoms. The maximum absolute atomic E-state index is 10.1. The van der Waals surface area contributed by atoms with E-state index in [-0.39, 0.29) is 0 Å². The standard InChI is InChI=1S/C27H37NO2/c1-3-4-5-6-7-8-9-10-11-12-20-30-23-18-16-22(17-19-23)26-21-24-25(28(26)2)14-13-15-27(24)29/h13-19,21,29H,3-12,20H2,1-2H3. The maximum atomic E-state index is 10.1. The fraction of sp³-hybridized carbons (Fsp3) is 0.481. The van der Waals surface area contributed by atoms with Gasteiger partial charge in [0.15, 0.2) is 0 Å². The molecule has 2 aromatic carbocycles. The van der Waals surface area contributed by atoms with Crippen LogP contribution in [-0.4, -0.2) is 16.3 Å². The first kappa shape index (κ1) is 22.3. The zero-order valence-corrected chi connectivity index (χ0v) is 18.7. The molecule has 3 rings (SSSR count). The van der Waals surface area contributed by atoms with Crippen LogP contribution in [0.15, 0.2) is 48.5 Å². The maximum Gasteiger partial charge on any atom is 0.124 e. The number of hydrogen-bond donors (Lipinski definition) is 1. The molecule has 162 valence electrons. The van der Waals surface area contributed by atoms with Crippen molar-refractivity contribution in [2.75, 3.05) is 6.61 Å². The number of unbranched alkanes of at least 4 members (excludes halogenated alkanes) is 9. The number of aryl methyl sites for hydroxylation is 1. The minimum atomic E-state index is 0.325. The van der Waals surface area contributed by atoms with E-state index in [0.717, 1.165) is 40.9 Å². The number of aromatic hydroxyl groups is 1. The third-order valence-electron chi connectivity index (χ3n) is 5.98. The summed E-state index contributed by atoms with van der Waals surface area (Å²) < 4.78 is 8.05. The van der Waals surface area contributed by atoms with Crippen LogP contribution < -0.4 is 4.74 Å². The lowest BCUT2D eigenvalue weighted by molar-refractivity contribution is 0.304. The van der Waals surface area contributed by atoms with Crippen molar-refractivity contribution < 1.29 is 9.84 Å². The third kappa shape index (κ3) is 6.04. The van der Waals surface area contributed by atoms with E-state index in [9.17, 15) is 5.11 Å². The van der Waals surface area contributed by atoms with Crippen LogP contribution in [0.25, 0.3) is 22.2 Å². The van der Waals surface area contributed by atoms with Crippen molar-refractivity contribution in [2.45, 2.75) is 71.1 Å². The predicted molar refractivity (Wildman–Crippen MR) is 127 cm³/mol. The summed E-state index contributed by atoms with van der Waals surface area (Å²) in [6.45, 7) is 3.06. The number of aromatic nitrogens is 1. The molecule has 3 nitrogen and oxygen atoms in total. The van der Waals surface area contributed by atoms with Crippen LogP contribution in [0.2, 0.25) is 0 Å². The summed E-state index contributed by atoms with van der Waals surface area (Å²) in [5, 5.41) is 11.0. The van der Waals surface area contributed by atoms with E-state index in [0.29, 0.717) is 5.75 Å². The van der Waals surface area contributed by atoms with Gasteiger partial charge in [0.1, 0.15) is 11.5 Å². The molecule has 0 aliphatic carbocycles. The van der Waals surface area contributed by atoms with Crippen molar-refractivity contribution in [1.29, 1.82) is 0 Å². The third-order valence-corrected chi connectivity index (χ3v) is 5.98. The van der Waals surface area contributed by atoms with E-state index < -0.39 is 0 Å².